The van der Waals surface area contributed by atoms with Gasteiger partial charge in [0.2, 0.25) is 5.88 Å². The van der Waals surface area contributed by atoms with Crippen molar-refractivity contribution in [1.82, 2.24) is 9.13 Å². The van der Waals surface area contributed by atoms with Gasteiger partial charge in [-0.25, -0.2) is 9.36 Å². The molecule has 0 amide bonds. The molecule has 5 nitrogen and oxygen atoms in total. The third-order valence-corrected chi connectivity index (χ3v) is 3.58. The summed E-state index contributed by atoms with van der Waals surface area (Å²) < 4.78 is 2.49. The van der Waals surface area contributed by atoms with Crippen molar-refractivity contribution in [2.75, 3.05) is 0 Å². The van der Waals surface area contributed by atoms with Gasteiger partial charge in [-0.15, -0.1) is 0 Å². The van der Waals surface area contributed by atoms with E-state index < -0.39 is 11.8 Å². The maximum Gasteiger partial charge on any atom is 0.336 e. The molecule has 1 aromatic heterocycles. The van der Waals surface area contributed by atoms with Crippen LogP contribution in [0.3, 0.4) is 0 Å². The van der Waals surface area contributed by atoms with Crippen LogP contribution in [0.1, 0.15) is 5.69 Å². The molecule has 0 fully saturated rings. The number of aliphatic hydroxyl groups excluding tert-OH is 1. The van der Waals surface area contributed by atoms with Crippen molar-refractivity contribution in [3.63, 3.8) is 0 Å². The fraction of sp³-hybridized carbons (Fsp3) is 0.250. The fourth-order valence-corrected chi connectivity index (χ4v) is 2.88. The summed E-state index contributed by atoms with van der Waals surface area (Å²) >= 11 is 11.8. The zero-order chi connectivity index (χ0) is 13.7. The van der Waals surface area contributed by atoms with Gasteiger partial charge in [-0.3, -0.25) is 4.57 Å². The predicted molar refractivity (Wildman–Crippen MR) is 71.4 cm³/mol. The number of halogens is 2. The minimum absolute atomic E-state index is 0.181. The number of nitrogens with zero attached hydrogens (tertiary/aromatic N) is 2. The Labute approximate surface area is 118 Å². The van der Waals surface area contributed by atoms with Gasteiger partial charge in [0.1, 0.15) is 0 Å². The quantitative estimate of drug-likeness (QED) is 0.840. The number of benzene rings is 1. The first-order valence-electron chi connectivity index (χ1n) is 5.65. The van der Waals surface area contributed by atoms with Crippen LogP contribution in [-0.4, -0.2) is 25.5 Å². The predicted octanol–water partition coefficient (Wildman–Crippen LogP) is 1.57. The van der Waals surface area contributed by atoms with Crippen LogP contribution >= 0.6 is 23.2 Å². The van der Waals surface area contributed by atoms with Crippen molar-refractivity contribution < 1.29 is 10.2 Å². The summed E-state index contributed by atoms with van der Waals surface area (Å²) in [6, 6.07) is 4.63. The number of aromatic nitrogens is 2. The molecular formula is C12H10Cl2N2O3. The molecule has 1 atom stereocenters. The molecule has 2 aromatic rings. The zero-order valence-corrected chi connectivity index (χ0v) is 11.2. The van der Waals surface area contributed by atoms with E-state index in [1.54, 1.807) is 18.2 Å². The number of fused-ring (bicyclic) bond motifs is 1. The Hall–Kier alpha value is -1.43. The Bertz CT molecular complexity index is 700. The molecular weight excluding hydrogens is 291 g/mol. The summed E-state index contributed by atoms with van der Waals surface area (Å²) in [5.74, 6) is -0.181. The first kappa shape index (κ1) is 12.6. The van der Waals surface area contributed by atoms with Crippen molar-refractivity contribution >= 4 is 23.2 Å². The second-order valence-electron chi connectivity index (χ2n) is 4.48. The van der Waals surface area contributed by atoms with E-state index in [1.165, 1.54) is 4.57 Å². The molecule has 0 aliphatic carbocycles. The largest absolute Gasteiger partial charge is 0.493 e. The molecule has 100 valence electrons. The van der Waals surface area contributed by atoms with Crippen LogP contribution in [0.15, 0.2) is 23.0 Å². The summed E-state index contributed by atoms with van der Waals surface area (Å²) in [4.78, 5) is 12.2. The number of rotatable bonds is 1. The average Bonchev–Trinajstić information content (AvgIpc) is 2.78. The van der Waals surface area contributed by atoms with E-state index in [1.807, 2.05) is 0 Å². The van der Waals surface area contributed by atoms with E-state index in [-0.39, 0.29) is 18.8 Å². The lowest BCUT2D eigenvalue weighted by atomic mass is 10.2. The van der Waals surface area contributed by atoms with Crippen molar-refractivity contribution in [2.45, 2.75) is 19.1 Å². The minimum atomic E-state index is -0.633. The highest BCUT2D eigenvalue weighted by molar-refractivity contribution is 6.34. The number of imidazole rings is 1. The molecule has 19 heavy (non-hydrogen) atoms. The molecule has 0 saturated heterocycles. The van der Waals surface area contributed by atoms with Gasteiger partial charge in [0.05, 0.1) is 24.0 Å². The molecule has 2 heterocycles. The fourth-order valence-electron chi connectivity index (χ4n) is 2.37. The Morgan fingerprint density at radius 3 is 2.42 bits per heavy atom. The van der Waals surface area contributed by atoms with Crippen molar-refractivity contribution in [3.05, 3.63) is 44.4 Å². The minimum Gasteiger partial charge on any atom is -0.493 e. The molecule has 2 N–H and O–H groups in total. The van der Waals surface area contributed by atoms with Gasteiger partial charge in [0.25, 0.3) is 0 Å². The Morgan fingerprint density at radius 1 is 1.21 bits per heavy atom. The maximum absolute atomic E-state index is 12.2. The molecule has 1 aliphatic heterocycles. The highest BCUT2D eigenvalue weighted by Crippen LogP contribution is 2.28. The van der Waals surface area contributed by atoms with Gasteiger partial charge >= 0.3 is 5.69 Å². The number of hydrogen-bond donors (Lipinski definition) is 2. The Kier molecular flexibility index (Phi) is 2.85. The lowest BCUT2D eigenvalue weighted by Crippen LogP contribution is -2.24. The summed E-state index contributed by atoms with van der Waals surface area (Å²) in [6.07, 6.45) is -0.381. The molecule has 0 unspecified atom stereocenters. The smallest absolute Gasteiger partial charge is 0.336 e. The molecule has 0 radical (unpaired) electrons. The molecule has 3 rings (SSSR count). The number of aliphatic hydroxyl groups is 1. The standard InChI is InChI=1S/C12H10Cl2N2O3/c13-6-1-7(14)3-8(2-6)16-11(18)10-4-9(17)5-15(10)12(16)19/h1-3,9,17-18H,4-5H2/t9-/m0/s1. The molecule has 1 aromatic carbocycles. The normalized spacial score (nSPS) is 17.7. The van der Waals surface area contributed by atoms with Gasteiger partial charge in [0, 0.05) is 16.5 Å². The van der Waals surface area contributed by atoms with Gasteiger partial charge < -0.3 is 10.2 Å². The average molecular weight is 301 g/mol. The van der Waals surface area contributed by atoms with Gasteiger partial charge in [-0.2, -0.15) is 0 Å². The van der Waals surface area contributed by atoms with E-state index in [4.69, 9.17) is 23.2 Å². The third kappa shape index (κ3) is 1.94. The van der Waals surface area contributed by atoms with Crippen molar-refractivity contribution in [1.29, 1.82) is 0 Å². The van der Waals surface area contributed by atoms with Crippen LogP contribution in [0.2, 0.25) is 10.0 Å². The zero-order valence-electron chi connectivity index (χ0n) is 9.68. The SMILES string of the molecule is O=c1n2c(c(O)n1-c1cc(Cl)cc(Cl)c1)C[C@H](O)C2. The summed E-state index contributed by atoms with van der Waals surface area (Å²) in [7, 11) is 0. The van der Waals surface area contributed by atoms with Crippen LogP contribution in [0, 0.1) is 0 Å². The lowest BCUT2D eigenvalue weighted by molar-refractivity contribution is 0.173. The van der Waals surface area contributed by atoms with Crippen LogP contribution in [0.5, 0.6) is 5.88 Å². The Morgan fingerprint density at radius 2 is 1.84 bits per heavy atom. The van der Waals surface area contributed by atoms with E-state index in [9.17, 15) is 15.0 Å². The van der Waals surface area contributed by atoms with Crippen LogP contribution in [0.4, 0.5) is 0 Å². The second-order valence-corrected chi connectivity index (χ2v) is 5.36. The van der Waals surface area contributed by atoms with Gasteiger partial charge in [-0.05, 0) is 18.2 Å². The second kappa shape index (κ2) is 4.30. The van der Waals surface area contributed by atoms with Crippen molar-refractivity contribution in [2.24, 2.45) is 0 Å². The lowest BCUT2D eigenvalue weighted by Gasteiger charge is -2.06. The molecule has 0 saturated carbocycles. The highest BCUT2D eigenvalue weighted by atomic mass is 35.5. The van der Waals surface area contributed by atoms with E-state index in [0.29, 0.717) is 21.4 Å². The van der Waals surface area contributed by atoms with Crippen LogP contribution in [-0.2, 0) is 13.0 Å². The molecule has 7 heteroatoms. The monoisotopic (exact) mass is 300 g/mol. The van der Waals surface area contributed by atoms with Crippen LogP contribution in [0.25, 0.3) is 5.69 Å². The number of aromatic hydroxyl groups is 1. The molecule has 0 spiro atoms. The Balaban J connectivity index is 2.23. The number of hydrogen-bond acceptors (Lipinski definition) is 3. The summed E-state index contributed by atoms with van der Waals surface area (Å²) in [5.41, 5.74) is 0.410. The maximum atomic E-state index is 12.2. The third-order valence-electron chi connectivity index (χ3n) is 3.15. The van der Waals surface area contributed by atoms with E-state index >= 15 is 0 Å². The first-order chi connectivity index (χ1) is 8.97. The van der Waals surface area contributed by atoms with Gasteiger partial charge in [0.15, 0.2) is 0 Å². The van der Waals surface area contributed by atoms with E-state index in [0.717, 1.165) is 4.57 Å². The van der Waals surface area contributed by atoms with Crippen LogP contribution < -0.4 is 5.69 Å². The van der Waals surface area contributed by atoms with E-state index in [2.05, 4.69) is 0 Å². The molecule has 1 aliphatic rings. The molecule has 0 bridgehead atoms. The summed E-state index contributed by atoms with van der Waals surface area (Å²) in [5, 5.41) is 20.4. The summed E-state index contributed by atoms with van der Waals surface area (Å²) in [6.45, 7) is 0.184. The topological polar surface area (TPSA) is 67.4 Å². The van der Waals surface area contributed by atoms with Gasteiger partial charge in [-0.1, -0.05) is 23.2 Å². The highest BCUT2D eigenvalue weighted by Gasteiger charge is 2.29. The first-order valence-corrected chi connectivity index (χ1v) is 6.41. The van der Waals surface area contributed by atoms with Crippen molar-refractivity contribution in [3.8, 4) is 11.6 Å².